The largest absolute Gasteiger partial charge is 0.490 e. The monoisotopic (exact) mass is 660 g/mol. The van der Waals surface area contributed by atoms with E-state index in [1.165, 1.54) is 48.8 Å². The highest BCUT2D eigenvalue weighted by atomic mass is 35.5. The number of carbonyl (C=O) groups is 1. The molecule has 1 spiro atoms. The number of hydrogen-bond acceptors (Lipinski definition) is 4. The second kappa shape index (κ2) is 14.5. The van der Waals surface area contributed by atoms with E-state index in [2.05, 4.69) is 59.0 Å². The normalized spacial score (nSPS) is 23.5. The summed E-state index contributed by atoms with van der Waals surface area (Å²) in [4.78, 5) is 15.8. The molecule has 1 aliphatic heterocycles. The molecule has 1 saturated carbocycles. The fourth-order valence-corrected chi connectivity index (χ4v) is 8.83. The lowest BCUT2D eigenvalue weighted by Gasteiger charge is -2.47. The molecule has 1 fully saturated rings. The summed E-state index contributed by atoms with van der Waals surface area (Å²) in [5, 5.41) is 0.630. The van der Waals surface area contributed by atoms with Gasteiger partial charge in [0.05, 0.1) is 12.3 Å². The molecule has 0 saturated heterocycles. The first kappa shape index (κ1) is 33.1. The van der Waals surface area contributed by atoms with Gasteiger partial charge in [-0.25, -0.2) is 4.21 Å². The van der Waals surface area contributed by atoms with Crippen molar-refractivity contribution >= 4 is 34.2 Å². The topological polar surface area (TPSA) is 58.6 Å². The van der Waals surface area contributed by atoms with Crippen LogP contribution < -0.4 is 14.4 Å². The van der Waals surface area contributed by atoms with Gasteiger partial charge < -0.3 is 9.64 Å². The first-order valence-electron chi connectivity index (χ1n) is 17.3. The molecular formula is C39H49ClN2O3S. The summed E-state index contributed by atoms with van der Waals surface area (Å²) in [6.45, 7) is 8.35. The standard InChI is InChI=1S/C39H49ClN2O3S/c1-4-5-12-29(21-28-10-7-6-8-11-28)34-17-14-32(34)24-42-25-39(20-9-13-30-22-33(40)16-18-35(30)39)26-45-37-19-15-31(23-36(37)42)38(43)41-46(44)27(2)3/h6-8,10-11,15-16,18-19,22-23,27,29,32,34H,4-5,9,12-14,17,20-21,24-26H2,1-3H3,(H,41,43)/t29?,32?,34?,39-,46?/m0/s1. The molecule has 5 atom stereocenters. The van der Waals surface area contributed by atoms with Crippen molar-refractivity contribution in [2.24, 2.45) is 17.8 Å². The van der Waals surface area contributed by atoms with Crippen LogP contribution >= 0.6 is 11.6 Å². The zero-order chi connectivity index (χ0) is 32.3. The highest BCUT2D eigenvalue weighted by Gasteiger charge is 2.44. The third-order valence-corrected chi connectivity index (χ3v) is 12.2. The summed E-state index contributed by atoms with van der Waals surface area (Å²) in [6.07, 6.45) is 10.6. The summed E-state index contributed by atoms with van der Waals surface area (Å²) in [5.74, 6) is 2.43. The van der Waals surface area contributed by atoms with Crippen molar-refractivity contribution in [3.8, 4) is 5.75 Å². The molecule has 1 amide bonds. The van der Waals surface area contributed by atoms with Crippen molar-refractivity contribution < 1.29 is 13.7 Å². The zero-order valence-electron chi connectivity index (χ0n) is 27.6. The molecule has 246 valence electrons. The Morgan fingerprint density at radius 1 is 1.11 bits per heavy atom. The third-order valence-electron chi connectivity index (χ3n) is 10.7. The quantitative estimate of drug-likeness (QED) is 0.224. The van der Waals surface area contributed by atoms with Gasteiger partial charge in [-0.3, -0.25) is 9.52 Å². The Labute approximate surface area is 283 Å². The van der Waals surface area contributed by atoms with Crippen LogP contribution in [0.3, 0.4) is 0 Å². The molecule has 1 heterocycles. The molecule has 5 nitrogen and oxygen atoms in total. The SMILES string of the molecule is CCCCC(Cc1ccccc1)C1CCC1CN1C[C@@]2(CCCc3cc(Cl)ccc32)COc2ccc(C(=O)NS(=O)C(C)C)cc21. The van der Waals surface area contributed by atoms with Crippen LogP contribution in [0.4, 0.5) is 5.69 Å². The number of amides is 1. The lowest BCUT2D eigenvalue weighted by molar-refractivity contribution is 0.0981. The van der Waals surface area contributed by atoms with Gasteiger partial charge in [0.25, 0.3) is 5.91 Å². The van der Waals surface area contributed by atoms with E-state index in [-0.39, 0.29) is 16.6 Å². The summed E-state index contributed by atoms with van der Waals surface area (Å²) in [5.41, 5.74) is 5.44. The second-order valence-corrected chi connectivity index (χ2v) is 16.3. The number of benzene rings is 3. The number of nitrogens with one attached hydrogen (secondary N) is 1. The molecule has 0 aromatic heterocycles. The van der Waals surface area contributed by atoms with E-state index >= 15 is 0 Å². The van der Waals surface area contributed by atoms with Gasteiger partial charge >= 0.3 is 0 Å². The number of nitrogens with zero attached hydrogens (tertiary/aromatic N) is 1. The Balaban J connectivity index is 1.33. The first-order chi connectivity index (χ1) is 22.3. The molecule has 3 aliphatic rings. The number of unbranched alkanes of at least 4 members (excludes halogenated alkanes) is 1. The molecule has 3 aromatic rings. The van der Waals surface area contributed by atoms with Crippen molar-refractivity contribution in [2.45, 2.75) is 89.2 Å². The number of aryl methyl sites for hydroxylation is 1. The van der Waals surface area contributed by atoms with Crippen LogP contribution in [-0.4, -0.2) is 35.1 Å². The van der Waals surface area contributed by atoms with E-state index in [0.717, 1.165) is 55.2 Å². The van der Waals surface area contributed by atoms with Gasteiger partial charge in [-0.15, -0.1) is 0 Å². The Morgan fingerprint density at radius 3 is 2.67 bits per heavy atom. The fraction of sp³-hybridized carbons (Fsp3) is 0.513. The predicted octanol–water partition coefficient (Wildman–Crippen LogP) is 8.69. The van der Waals surface area contributed by atoms with E-state index < -0.39 is 11.0 Å². The van der Waals surface area contributed by atoms with Crippen molar-refractivity contribution in [2.75, 3.05) is 24.6 Å². The van der Waals surface area contributed by atoms with Gasteiger partial charge in [-0.2, -0.15) is 0 Å². The molecule has 7 heteroatoms. The van der Waals surface area contributed by atoms with E-state index in [9.17, 15) is 9.00 Å². The smallest absolute Gasteiger partial charge is 0.263 e. The van der Waals surface area contributed by atoms with Crippen LogP contribution in [0.25, 0.3) is 0 Å². The average Bonchev–Trinajstić information content (AvgIpc) is 3.19. The van der Waals surface area contributed by atoms with Crippen LogP contribution in [0.1, 0.15) is 92.8 Å². The molecular weight excluding hydrogens is 612 g/mol. The average molecular weight is 661 g/mol. The molecule has 6 rings (SSSR count). The predicted molar refractivity (Wildman–Crippen MR) is 190 cm³/mol. The Kier molecular flexibility index (Phi) is 10.4. The van der Waals surface area contributed by atoms with Gasteiger partial charge in [0, 0.05) is 34.3 Å². The van der Waals surface area contributed by atoms with Gasteiger partial charge in [0.2, 0.25) is 0 Å². The maximum absolute atomic E-state index is 13.3. The van der Waals surface area contributed by atoms with Crippen LogP contribution in [0.5, 0.6) is 5.75 Å². The summed E-state index contributed by atoms with van der Waals surface area (Å²) in [7, 11) is -1.44. The van der Waals surface area contributed by atoms with Crippen LogP contribution in [-0.2, 0) is 29.2 Å². The molecule has 4 unspecified atom stereocenters. The number of halogens is 1. The zero-order valence-corrected chi connectivity index (χ0v) is 29.2. The number of ether oxygens (including phenoxy) is 1. The molecule has 2 aliphatic carbocycles. The first-order valence-corrected chi connectivity index (χ1v) is 18.9. The van der Waals surface area contributed by atoms with Crippen molar-refractivity contribution in [3.05, 3.63) is 94.0 Å². The van der Waals surface area contributed by atoms with E-state index in [1.807, 2.05) is 38.1 Å². The highest BCUT2D eigenvalue weighted by molar-refractivity contribution is 7.84. The molecule has 0 radical (unpaired) electrons. The Hall–Kier alpha value is -2.83. The molecule has 46 heavy (non-hydrogen) atoms. The number of anilines is 1. The third kappa shape index (κ3) is 7.18. The van der Waals surface area contributed by atoms with Gasteiger partial charge in [-0.1, -0.05) is 67.8 Å². The second-order valence-electron chi connectivity index (χ2n) is 14.2. The highest BCUT2D eigenvalue weighted by Crippen LogP contribution is 2.48. The molecule has 1 N–H and O–H groups in total. The maximum Gasteiger partial charge on any atom is 0.263 e. The van der Waals surface area contributed by atoms with Crippen LogP contribution in [0.2, 0.25) is 5.02 Å². The van der Waals surface area contributed by atoms with Gasteiger partial charge in [0.1, 0.15) is 16.7 Å². The Morgan fingerprint density at radius 2 is 1.93 bits per heavy atom. The minimum Gasteiger partial charge on any atom is -0.490 e. The maximum atomic E-state index is 13.3. The molecule has 3 aromatic carbocycles. The lowest BCUT2D eigenvalue weighted by Crippen LogP contribution is -2.49. The number of fused-ring (bicyclic) bond motifs is 3. The van der Waals surface area contributed by atoms with E-state index in [0.29, 0.717) is 29.9 Å². The van der Waals surface area contributed by atoms with E-state index in [4.69, 9.17) is 16.3 Å². The number of carbonyl (C=O) groups excluding carboxylic acids is 1. The van der Waals surface area contributed by atoms with E-state index in [1.54, 1.807) is 0 Å². The summed E-state index contributed by atoms with van der Waals surface area (Å²) >= 11 is 6.47. The summed E-state index contributed by atoms with van der Waals surface area (Å²) < 4.78 is 21.9. The van der Waals surface area contributed by atoms with Gasteiger partial charge in [0.15, 0.2) is 0 Å². The Bertz CT molecular complexity index is 1550. The minimum absolute atomic E-state index is 0.156. The number of hydrogen-bond donors (Lipinski definition) is 1. The van der Waals surface area contributed by atoms with Crippen molar-refractivity contribution in [3.63, 3.8) is 0 Å². The fourth-order valence-electron chi connectivity index (χ4n) is 8.10. The van der Waals surface area contributed by atoms with Crippen molar-refractivity contribution in [1.82, 2.24) is 4.72 Å². The van der Waals surface area contributed by atoms with Gasteiger partial charge in [-0.05, 0) is 124 Å². The minimum atomic E-state index is -1.44. The lowest BCUT2D eigenvalue weighted by atomic mass is 9.64. The number of rotatable bonds is 11. The summed E-state index contributed by atoms with van der Waals surface area (Å²) in [6, 6.07) is 23.1. The van der Waals surface area contributed by atoms with Crippen LogP contribution in [0.15, 0.2) is 66.7 Å². The molecule has 0 bridgehead atoms. The van der Waals surface area contributed by atoms with Crippen LogP contribution in [0, 0.1) is 17.8 Å². The van der Waals surface area contributed by atoms with Crippen molar-refractivity contribution in [1.29, 1.82) is 0 Å².